The van der Waals surface area contributed by atoms with Crippen LogP contribution in [0.25, 0.3) is 16.2 Å². The molecule has 2 fully saturated rings. The van der Waals surface area contributed by atoms with Gasteiger partial charge in [-0.3, -0.25) is 4.79 Å². The molecule has 0 aliphatic heterocycles. The van der Waals surface area contributed by atoms with Crippen LogP contribution in [0.4, 0.5) is 13.2 Å². The van der Waals surface area contributed by atoms with Crippen LogP contribution in [0, 0.1) is 17.8 Å². The van der Waals surface area contributed by atoms with Crippen molar-refractivity contribution < 1.29 is 18.0 Å². The highest BCUT2D eigenvalue weighted by atomic mass is 32.1. The van der Waals surface area contributed by atoms with E-state index in [9.17, 15) is 18.0 Å². The first kappa shape index (κ1) is 21.4. The molecule has 3 aromatic rings. The Morgan fingerprint density at radius 3 is 2.75 bits per heavy atom. The van der Waals surface area contributed by atoms with Crippen molar-refractivity contribution in [3.05, 3.63) is 40.5 Å². The molecule has 1 N–H and O–H groups in total. The number of aryl methyl sites for hydroxylation is 1. The van der Waals surface area contributed by atoms with Crippen molar-refractivity contribution in [1.82, 2.24) is 19.9 Å². The minimum atomic E-state index is -4.63. The minimum Gasteiger partial charge on any atom is -0.349 e. The predicted molar refractivity (Wildman–Crippen MR) is 117 cm³/mol. The molecular weight excluding hydrogens is 437 g/mol. The van der Waals surface area contributed by atoms with Gasteiger partial charge in [0.2, 0.25) is 0 Å². The van der Waals surface area contributed by atoms with Gasteiger partial charge in [0.05, 0.1) is 16.8 Å². The second kappa shape index (κ2) is 7.86. The second-order valence-electron chi connectivity index (χ2n) is 9.04. The van der Waals surface area contributed by atoms with Gasteiger partial charge < -0.3 is 5.32 Å². The maximum Gasteiger partial charge on any atom is 0.433 e. The molecular formula is C23H25F3N4OS. The van der Waals surface area contributed by atoms with Crippen LogP contribution >= 0.6 is 11.3 Å². The molecule has 3 heterocycles. The first-order valence-corrected chi connectivity index (χ1v) is 11.9. The number of thiophene rings is 1. The molecule has 32 heavy (non-hydrogen) atoms. The van der Waals surface area contributed by atoms with Gasteiger partial charge in [0.15, 0.2) is 11.3 Å². The van der Waals surface area contributed by atoms with Gasteiger partial charge in [-0.25, -0.2) is 9.50 Å². The molecule has 4 atom stereocenters. The molecule has 0 radical (unpaired) electrons. The number of aromatic nitrogens is 3. The number of carbonyl (C=O) groups is 1. The maximum atomic E-state index is 13.8. The maximum absolute atomic E-state index is 13.8. The molecule has 2 aliphatic carbocycles. The average molecular weight is 463 g/mol. The zero-order valence-electron chi connectivity index (χ0n) is 17.9. The van der Waals surface area contributed by atoms with Crippen LogP contribution in [-0.4, -0.2) is 26.5 Å². The van der Waals surface area contributed by atoms with Crippen molar-refractivity contribution in [2.45, 2.75) is 58.2 Å². The smallest absolute Gasteiger partial charge is 0.349 e. The largest absolute Gasteiger partial charge is 0.433 e. The third-order valence-corrected chi connectivity index (χ3v) is 8.32. The number of nitrogens with one attached hydrogen (secondary N) is 1. The molecule has 0 saturated heterocycles. The van der Waals surface area contributed by atoms with Crippen LogP contribution in [0.3, 0.4) is 0 Å². The van der Waals surface area contributed by atoms with Crippen molar-refractivity contribution in [2.75, 3.05) is 0 Å². The van der Waals surface area contributed by atoms with Gasteiger partial charge in [0, 0.05) is 10.9 Å². The van der Waals surface area contributed by atoms with Gasteiger partial charge in [0.25, 0.3) is 5.91 Å². The lowest BCUT2D eigenvalue weighted by Crippen LogP contribution is -2.40. The first-order chi connectivity index (χ1) is 15.2. The van der Waals surface area contributed by atoms with Gasteiger partial charge >= 0.3 is 6.18 Å². The highest BCUT2D eigenvalue weighted by molar-refractivity contribution is 7.15. The van der Waals surface area contributed by atoms with E-state index in [4.69, 9.17) is 0 Å². The van der Waals surface area contributed by atoms with Crippen molar-refractivity contribution >= 4 is 22.9 Å². The molecule has 2 aliphatic rings. The van der Waals surface area contributed by atoms with E-state index in [1.54, 1.807) is 6.07 Å². The van der Waals surface area contributed by atoms with E-state index in [1.165, 1.54) is 36.8 Å². The summed E-state index contributed by atoms with van der Waals surface area (Å²) in [7, 11) is 0. The zero-order valence-corrected chi connectivity index (χ0v) is 18.8. The van der Waals surface area contributed by atoms with Crippen molar-refractivity contribution in [3.63, 3.8) is 0 Å². The number of nitrogens with zero attached hydrogens (tertiary/aromatic N) is 3. The number of halogens is 3. The summed E-state index contributed by atoms with van der Waals surface area (Å²) in [6.45, 7) is 3.98. The van der Waals surface area contributed by atoms with Crippen molar-refractivity contribution in [1.29, 1.82) is 0 Å². The number of carbonyl (C=O) groups excluding carboxylic acids is 1. The zero-order chi connectivity index (χ0) is 22.6. The number of amides is 1. The molecule has 0 spiro atoms. The Bertz CT molecular complexity index is 1170. The Morgan fingerprint density at radius 2 is 2.12 bits per heavy atom. The molecule has 2 bridgehead atoms. The third kappa shape index (κ3) is 3.70. The average Bonchev–Trinajstić information content (AvgIpc) is 3.55. The Kier molecular flexibility index (Phi) is 5.27. The fourth-order valence-electron chi connectivity index (χ4n) is 5.45. The molecule has 9 heteroatoms. The fourth-order valence-corrected chi connectivity index (χ4v) is 6.36. The minimum absolute atomic E-state index is 0.0394. The summed E-state index contributed by atoms with van der Waals surface area (Å²) >= 11 is 1.40. The number of fused-ring (bicyclic) bond motifs is 3. The van der Waals surface area contributed by atoms with Crippen LogP contribution in [0.15, 0.2) is 24.4 Å². The summed E-state index contributed by atoms with van der Waals surface area (Å²) < 4.78 is 42.2. The predicted octanol–water partition coefficient (Wildman–Crippen LogP) is 5.59. The topological polar surface area (TPSA) is 59.3 Å². The van der Waals surface area contributed by atoms with E-state index in [2.05, 4.69) is 15.4 Å². The van der Waals surface area contributed by atoms with E-state index in [-0.39, 0.29) is 22.9 Å². The SMILES string of the molecule is CCc1ccc(-c2cc(C(F)(F)F)n3ncc(C(=O)NC(C)C4CC5CCC4C5)c3n2)s1. The summed E-state index contributed by atoms with van der Waals surface area (Å²) in [5, 5.41) is 6.90. The van der Waals surface area contributed by atoms with Gasteiger partial charge in [0.1, 0.15) is 5.56 Å². The Labute approximate surface area is 188 Å². The first-order valence-electron chi connectivity index (χ1n) is 11.1. The number of hydrogen-bond donors (Lipinski definition) is 1. The van der Waals surface area contributed by atoms with E-state index < -0.39 is 17.8 Å². The summed E-state index contributed by atoms with van der Waals surface area (Å²) in [6, 6.07) is 4.63. The molecule has 5 nitrogen and oxygen atoms in total. The van der Waals surface area contributed by atoms with Crippen LogP contribution in [0.2, 0.25) is 0 Å². The molecule has 4 unspecified atom stereocenters. The monoisotopic (exact) mass is 462 g/mol. The molecule has 5 rings (SSSR count). The quantitative estimate of drug-likeness (QED) is 0.537. The van der Waals surface area contributed by atoms with Crippen molar-refractivity contribution in [2.24, 2.45) is 17.8 Å². The lowest BCUT2D eigenvalue weighted by molar-refractivity contribution is -0.142. The third-order valence-electron chi connectivity index (χ3n) is 7.06. The molecule has 2 saturated carbocycles. The summed E-state index contributed by atoms with van der Waals surface area (Å²) in [6.07, 6.45) is 2.16. The summed E-state index contributed by atoms with van der Waals surface area (Å²) in [4.78, 5) is 19.2. The van der Waals surface area contributed by atoms with Gasteiger partial charge in [-0.1, -0.05) is 13.3 Å². The van der Waals surface area contributed by atoms with Crippen LogP contribution in [0.1, 0.15) is 60.5 Å². The van der Waals surface area contributed by atoms with Gasteiger partial charge in [-0.15, -0.1) is 11.3 Å². The molecule has 1 amide bonds. The van der Waals surface area contributed by atoms with Gasteiger partial charge in [-0.05, 0) is 68.6 Å². The van der Waals surface area contributed by atoms with Crippen LogP contribution in [0.5, 0.6) is 0 Å². The fraction of sp³-hybridized carbons (Fsp3) is 0.522. The molecule has 0 aromatic carbocycles. The lowest BCUT2D eigenvalue weighted by atomic mass is 9.84. The van der Waals surface area contributed by atoms with Crippen LogP contribution in [-0.2, 0) is 12.6 Å². The van der Waals surface area contributed by atoms with Gasteiger partial charge in [-0.2, -0.15) is 18.3 Å². The van der Waals surface area contributed by atoms with E-state index >= 15 is 0 Å². The Morgan fingerprint density at radius 1 is 1.31 bits per heavy atom. The number of hydrogen-bond acceptors (Lipinski definition) is 4. The second-order valence-corrected chi connectivity index (χ2v) is 10.2. The number of rotatable bonds is 5. The van der Waals surface area contributed by atoms with Crippen LogP contribution < -0.4 is 5.32 Å². The standard InChI is InChI=1S/C23H25F3N4OS/c1-3-15-6-7-19(32-15)18-10-20(23(24,25)26)30-21(29-18)17(11-27-30)22(31)28-12(2)16-9-13-4-5-14(16)8-13/h6-7,10-14,16H,3-5,8-9H2,1-2H3,(H,28,31). The lowest BCUT2D eigenvalue weighted by Gasteiger charge is -2.28. The van der Waals surface area contributed by atoms with Crippen molar-refractivity contribution in [3.8, 4) is 10.6 Å². The molecule has 3 aromatic heterocycles. The van der Waals surface area contributed by atoms with E-state index in [0.29, 0.717) is 16.7 Å². The Balaban J connectivity index is 1.50. The highest BCUT2D eigenvalue weighted by Gasteiger charge is 2.42. The molecule has 170 valence electrons. The normalized spacial score (nSPS) is 23.7. The summed E-state index contributed by atoms with van der Waals surface area (Å²) in [5.74, 6) is 1.38. The Hall–Kier alpha value is -2.42. The van der Waals surface area contributed by atoms with E-state index in [0.717, 1.165) is 34.2 Å². The van der Waals surface area contributed by atoms with E-state index in [1.807, 2.05) is 19.9 Å². The highest BCUT2D eigenvalue weighted by Crippen LogP contribution is 2.49. The summed E-state index contributed by atoms with van der Waals surface area (Å²) in [5.41, 5.74) is -0.743. The number of alkyl halides is 3.